The molecule has 0 spiro atoms. The first-order valence-electron chi connectivity index (χ1n) is 8.26. The summed E-state index contributed by atoms with van der Waals surface area (Å²) in [6.07, 6.45) is 1.70. The zero-order chi connectivity index (χ0) is 17.9. The van der Waals surface area contributed by atoms with Crippen molar-refractivity contribution in [2.75, 3.05) is 39.5 Å². The number of sulfonamides is 1. The Morgan fingerprint density at radius 2 is 2.04 bits per heavy atom. The van der Waals surface area contributed by atoms with E-state index < -0.39 is 21.7 Å². The molecule has 2 heterocycles. The Hall–Kier alpha value is -1.55. The van der Waals surface area contributed by atoms with Gasteiger partial charge < -0.3 is 14.8 Å². The van der Waals surface area contributed by atoms with Crippen LogP contribution in [0.15, 0.2) is 23.1 Å². The third-order valence-corrected chi connectivity index (χ3v) is 6.20. The smallest absolute Gasteiger partial charge is 0.254 e. The molecule has 0 radical (unpaired) electrons. The predicted octanol–water partition coefficient (Wildman–Crippen LogP) is 0.755. The highest BCUT2D eigenvalue weighted by molar-refractivity contribution is 7.89. The van der Waals surface area contributed by atoms with Crippen LogP contribution in [0.4, 0.5) is 4.39 Å². The molecule has 0 aliphatic carbocycles. The lowest BCUT2D eigenvalue weighted by molar-refractivity contribution is 0.0730. The van der Waals surface area contributed by atoms with Gasteiger partial charge in [0.15, 0.2) is 0 Å². The Morgan fingerprint density at radius 3 is 2.72 bits per heavy atom. The summed E-state index contributed by atoms with van der Waals surface area (Å²) in [5.41, 5.74) is -0.285. The molecule has 138 valence electrons. The van der Waals surface area contributed by atoms with Crippen LogP contribution in [0.1, 0.15) is 23.2 Å². The van der Waals surface area contributed by atoms with Crippen molar-refractivity contribution in [1.29, 1.82) is 0 Å². The van der Waals surface area contributed by atoms with Crippen molar-refractivity contribution in [3.05, 3.63) is 29.6 Å². The van der Waals surface area contributed by atoms with E-state index in [4.69, 9.17) is 9.47 Å². The molecule has 0 saturated carbocycles. The summed E-state index contributed by atoms with van der Waals surface area (Å²) < 4.78 is 51.1. The summed E-state index contributed by atoms with van der Waals surface area (Å²) in [6, 6.07) is 3.27. The average molecular weight is 372 g/mol. The number of nitrogens with one attached hydrogen (secondary N) is 1. The Morgan fingerprint density at radius 1 is 1.28 bits per heavy atom. The van der Waals surface area contributed by atoms with Gasteiger partial charge in [0, 0.05) is 26.2 Å². The van der Waals surface area contributed by atoms with E-state index in [0.717, 1.165) is 25.0 Å². The second-order valence-electron chi connectivity index (χ2n) is 6.00. The Kier molecular flexibility index (Phi) is 5.67. The molecule has 1 N–H and O–H groups in total. The van der Waals surface area contributed by atoms with Crippen molar-refractivity contribution in [3.63, 3.8) is 0 Å². The molecule has 7 nitrogen and oxygen atoms in total. The highest BCUT2D eigenvalue weighted by atomic mass is 32.2. The summed E-state index contributed by atoms with van der Waals surface area (Å²) in [5, 5.41) is 2.61. The van der Waals surface area contributed by atoms with Gasteiger partial charge in [-0.1, -0.05) is 0 Å². The number of carbonyl (C=O) groups is 1. The third kappa shape index (κ3) is 4.17. The normalized spacial score (nSPS) is 22.0. The second-order valence-corrected chi connectivity index (χ2v) is 7.94. The minimum Gasteiger partial charge on any atom is -0.379 e. The first-order valence-corrected chi connectivity index (χ1v) is 9.70. The van der Waals surface area contributed by atoms with E-state index in [2.05, 4.69) is 5.32 Å². The lowest BCUT2D eigenvalue weighted by atomic mass is 10.2. The van der Waals surface area contributed by atoms with E-state index in [1.807, 2.05) is 0 Å². The van der Waals surface area contributed by atoms with Crippen LogP contribution in [0, 0.1) is 5.82 Å². The topological polar surface area (TPSA) is 84.9 Å². The molecule has 2 aliphatic rings. The van der Waals surface area contributed by atoms with Gasteiger partial charge in [0.05, 0.1) is 29.8 Å². The van der Waals surface area contributed by atoms with E-state index in [-0.39, 0.29) is 36.2 Å². The van der Waals surface area contributed by atoms with Crippen LogP contribution in [0.5, 0.6) is 0 Å². The molecule has 1 amide bonds. The lowest BCUT2D eigenvalue weighted by Crippen LogP contribution is -2.40. The predicted molar refractivity (Wildman–Crippen MR) is 87.3 cm³/mol. The number of benzene rings is 1. The number of hydrogen-bond acceptors (Lipinski definition) is 5. The van der Waals surface area contributed by atoms with Crippen molar-refractivity contribution in [2.24, 2.45) is 0 Å². The molecule has 1 aromatic rings. The summed E-state index contributed by atoms with van der Waals surface area (Å²) in [7, 11) is -3.78. The molecule has 3 rings (SSSR count). The maximum Gasteiger partial charge on any atom is 0.254 e. The first kappa shape index (κ1) is 18.2. The van der Waals surface area contributed by atoms with Crippen molar-refractivity contribution >= 4 is 15.9 Å². The number of rotatable bonds is 5. The van der Waals surface area contributed by atoms with Crippen LogP contribution >= 0.6 is 0 Å². The summed E-state index contributed by atoms with van der Waals surface area (Å²) in [5.74, 6) is -1.40. The van der Waals surface area contributed by atoms with Gasteiger partial charge in [-0.3, -0.25) is 4.79 Å². The van der Waals surface area contributed by atoms with Gasteiger partial charge in [-0.05, 0) is 31.0 Å². The minimum atomic E-state index is -3.78. The molecule has 25 heavy (non-hydrogen) atoms. The van der Waals surface area contributed by atoms with Gasteiger partial charge in [-0.2, -0.15) is 4.31 Å². The van der Waals surface area contributed by atoms with Crippen LogP contribution in [0.25, 0.3) is 0 Å². The minimum absolute atomic E-state index is 0.0766. The molecule has 2 fully saturated rings. The van der Waals surface area contributed by atoms with Crippen molar-refractivity contribution in [2.45, 2.75) is 23.8 Å². The fraction of sp³-hybridized carbons (Fsp3) is 0.562. The average Bonchev–Trinajstić information content (AvgIpc) is 3.14. The van der Waals surface area contributed by atoms with Gasteiger partial charge in [0.1, 0.15) is 5.82 Å². The molecule has 0 bridgehead atoms. The Bertz CT molecular complexity index is 728. The van der Waals surface area contributed by atoms with Crippen LogP contribution in [-0.2, 0) is 19.5 Å². The maximum atomic E-state index is 14.0. The summed E-state index contributed by atoms with van der Waals surface area (Å²) >= 11 is 0. The van der Waals surface area contributed by atoms with E-state index in [1.54, 1.807) is 0 Å². The molecule has 1 aromatic carbocycles. The number of nitrogens with zero attached hydrogens (tertiary/aromatic N) is 1. The molecule has 2 saturated heterocycles. The molecule has 0 unspecified atom stereocenters. The molecule has 0 aromatic heterocycles. The molecular formula is C16H21FN2O5S. The largest absolute Gasteiger partial charge is 0.379 e. The molecular weight excluding hydrogens is 351 g/mol. The monoisotopic (exact) mass is 372 g/mol. The number of hydrogen-bond donors (Lipinski definition) is 1. The van der Waals surface area contributed by atoms with Crippen LogP contribution in [0.3, 0.4) is 0 Å². The van der Waals surface area contributed by atoms with Gasteiger partial charge in [0.25, 0.3) is 5.91 Å². The lowest BCUT2D eigenvalue weighted by Gasteiger charge is -2.26. The maximum absolute atomic E-state index is 14.0. The number of ether oxygens (including phenoxy) is 2. The standard InChI is InChI=1S/C16H21FN2O5S/c17-15-4-3-13(25(21,22)19-5-8-23-9-6-19)10-14(15)16(20)18-11-12-2-1-7-24-12/h3-4,10,12H,1-2,5-9,11H2,(H,18,20)/t12-/m0/s1. The number of carbonyl (C=O) groups excluding carboxylic acids is 1. The van der Waals surface area contributed by atoms with Gasteiger partial charge in [-0.25, -0.2) is 12.8 Å². The highest BCUT2D eigenvalue weighted by Gasteiger charge is 2.28. The van der Waals surface area contributed by atoms with E-state index in [0.29, 0.717) is 19.8 Å². The number of amides is 1. The fourth-order valence-electron chi connectivity index (χ4n) is 2.88. The van der Waals surface area contributed by atoms with Gasteiger partial charge >= 0.3 is 0 Å². The van der Waals surface area contributed by atoms with Crippen LogP contribution in [0.2, 0.25) is 0 Å². The molecule has 1 atom stereocenters. The van der Waals surface area contributed by atoms with E-state index >= 15 is 0 Å². The third-order valence-electron chi connectivity index (χ3n) is 4.30. The van der Waals surface area contributed by atoms with Gasteiger partial charge in [-0.15, -0.1) is 0 Å². The van der Waals surface area contributed by atoms with Crippen molar-refractivity contribution < 1.29 is 27.1 Å². The van der Waals surface area contributed by atoms with E-state index in [1.165, 1.54) is 10.4 Å². The van der Waals surface area contributed by atoms with Crippen molar-refractivity contribution in [3.8, 4) is 0 Å². The Balaban J connectivity index is 1.76. The molecule has 2 aliphatic heterocycles. The van der Waals surface area contributed by atoms with Gasteiger partial charge in [0.2, 0.25) is 10.0 Å². The van der Waals surface area contributed by atoms with Crippen LogP contribution in [-0.4, -0.2) is 64.2 Å². The summed E-state index contributed by atoms with van der Waals surface area (Å²) in [4.78, 5) is 12.1. The van der Waals surface area contributed by atoms with Crippen LogP contribution < -0.4 is 5.32 Å². The zero-order valence-corrected chi connectivity index (χ0v) is 14.6. The quantitative estimate of drug-likeness (QED) is 0.825. The van der Waals surface area contributed by atoms with Crippen molar-refractivity contribution in [1.82, 2.24) is 9.62 Å². The molecule has 9 heteroatoms. The highest BCUT2D eigenvalue weighted by Crippen LogP contribution is 2.20. The summed E-state index contributed by atoms with van der Waals surface area (Å²) in [6.45, 7) is 2.03. The second kappa shape index (κ2) is 7.77. The zero-order valence-electron chi connectivity index (χ0n) is 13.7. The number of halogens is 1. The fourth-order valence-corrected chi connectivity index (χ4v) is 4.32. The number of morpholine rings is 1. The van der Waals surface area contributed by atoms with E-state index in [9.17, 15) is 17.6 Å². The first-order chi connectivity index (χ1) is 12.0. The Labute approximate surface area is 146 Å². The SMILES string of the molecule is O=C(NC[C@@H]1CCCO1)c1cc(S(=O)(=O)N2CCOCC2)ccc1F.